The van der Waals surface area contributed by atoms with Gasteiger partial charge >= 0.3 is 0 Å². The number of hydrogen-bond donors (Lipinski definition) is 1. The van der Waals surface area contributed by atoms with E-state index < -0.39 is 0 Å². The first-order chi connectivity index (χ1) is 10.6. The van der Waals surface area contributed by atoms with Crippen molar-refractivity contribution < 1.29 is 9.32 Å². The van der Waals surface area contributed by atoms with Crippen LogP contribution >= 0.6 is 15.9 Å². The van der Waals surface area contributed by atoms with Gasteiger partial charge in [0.05, 0.1) is 18.4 Å². The number of aromatic nitrogens is 3. The fourth-order valence-corrected chi connectivity index (χ4v) is 2.47. The van der Waals surface area contributed by atoms with Crippen LogP contribution in [0.25, 0.3) is 0 Å². The van der Waals surface area contributed by atoms with Gasteiger partial charge in [-0.05, 0) is 24.6 Å². The highest BCUT2D eigenvalue weighted by Crippen LogP contribution is 2.15. The van der Waals surface area contributed by atoms with Crippen molar-refractivity contribution in [2.75, 3.05) is 5.32 Å². The molecule has 3 aromatic rings. The SMILES string of the molecule is Cc1cc(C(=O)Nc2ccnn2Cc2cccc(Br)c2)on1. The number of amides is 1. The minimum Gasteiger partial charge on any atom is -0.351 e. The molecule has 0 spiro atoms. The number of benzene rings is 1. The quantitative estimate of drug-likeness (QED) is 0.774. The second kappa shape index (κ2) is 6.15. The van der Waals surface area contributed by atoms with Crippen molar-refractivity contribution in [1.29, 1.82) is 0 Å². The Morgan fingerprint density at radius 1 is 1.36 bits per heavy atom. The molecule has 0 atom stereocenters. The molecule has 6 nitrogen and oxygen atoms in total. The Morgan fingerprint density at radius 2 is 2.23 bits per heavy atom. The summed E-state index contributed by atoms with van der Waals surface area (Å²) in [6.45, 7) is 2.31. The third-order valence-corrected chi connectivity index (χ3v) is 3.52. The number of aryl methyl sites for hydroxylation is 1. The van der Waals surface area contributed by atoms with E-state index >= 15 is 0 Å². The van der Waals surface area contributed by atoms with Crippen LogP contribution in [0, 0.1) is 6.92 Å². The smallest absolute Gasteiger partial charge is 0.295 e. The molecule has 0 saturated carbocycles. The van der Waals surface area contributed by atoms with Gasteiger partial charge in [-0.25, -0.2) is 4.68 Å². The Kier molecular flexibility index (Phi) is 4.06. The molecule has 3 rings (SSSR count). The average molecular weight is 361 g/mol. The summed E-state index contributed by atoms with van der Waals surface area (Å²) in [7, 11) is 0. The Balaban J connectivity index is 1.76. The maximum absolute atomic E-state index is 12.1. The van der Waals surface area contributed by atoms with E-state index in [0.717, 1.165) is 10.0 Å². The molecule has 0 bridgehead atoms. The number of hydrogen-bond acceptors (Lipinski definition) is 4. The molecule has 0 unspecified atom stereocenters. The predicted molar refractivity (Wildman–Crippen MR) is 84.7 cm³/mol. The molecule has 1 aromatic carbocycles. The van der Waals surface area contributed by atoms with Crippen LogP contribution in [0.15, 0.2) is 51.6 Å². The van der Waals surface area contributed by atoms with Gasteiger partial charge in [0, 0.05) is 16.6 Å². The third-order valence-electron chi connectivity index (χ3n) is 3.03. The Hall–Kier alpha value is -2.41. The van der Waals surface area contributed by atoms with Crippen molar-refractivity contribution in [3.8, 4) is 0 Å². The Bertz CT molecular complexity index is 809. The number of halogens is 1. The molecule has 2 heterocycles. The summed E-state index contributed by atoms with van der Waals surface area (Å²) in [6, 6.07) is 11.2. The van der Waals surface area contributed by atoms with Gasteiger partial charge in [-0.1, -0.05) is 33.2 Å². The zero-order chi connectivity index (χ0) is 15.5. The molecular formula is C15H13BrN4O2. The van der Waals surface area contributed by atoms with Gasteiger partial charge in [0.2, 0.25) is 5.76 Å². The maximum atomic E-state index is 12.1. The second-order valence-corrected chi connectivity index (χ2v) is 5.71. The van der Waals surface area contributed by atoms with E-state index in [1.54, 1.807) is 29.9 Å². The molecule has 22 heavy (non-hydrogen) atoms. The van der Waals surface area contributed by atoms with Gasteiger partial charge in [0.15, 0.2) is 0 Å². The first-order valence-corrected chi connectivity index (χ1v) is 7.42. The number of carbonyl (C=O) groups is 1. The number of carbonyl (C=O) groups excluding carboxylic acids is 1. The molecule has 0 fully saturated rings. The van der Waals surface area contributed by atoms with Gasteiger partial charge in [0.1, 0.15) is 5.82 Å². The first-order valence-electron chi connectivity index (χ1n) is 6.63. The molecular weight excluding hydrogens is 348 g/mol. The summed E-state index contributed by atoms with van der Waals surface area (Å²) in [4.78, 5) is 12.1. The normalized spacial score (nSPS) is 10.6. The third kappa shape index (κ3) is 3.25. The van der Waals surface area contributed by atoms with E-state index in [-0.39, 0.29) is 11.7 Å². The second-order valence-electron chi connectivity index (χ2n) is 4.79. The van der Waals surface area contributed by atoms with Gasteiger partial charge in [-0.2, -0.15) is 5.10 Å². The summed E-state index contributed by atoms with van der Waals surface area (Å²) in [5.41, 5.74) is 1.73. The molecule has 1 amide bonds. The van der Waals surface area contributed by atoms with Crippen molar-refractivity contribution in [2.24, 2.45) is 0 Å². The summed E-state index contributed by atoms with van der Waals surface area (Å²) in [5, 5.41) is 10.7. The highest BCUT2D eigenvalue weighted by molar-refractivity contribution is 9.10. The van der Waals surface area contributed by atoms with Crippen molar-refractivity contribution in [1.82, 2.24) is 14.9 Å². The van der Waals surface area contributed by atoms with Crippen LogP contribution in [0.1, 0.15) is 21.8 Å². The van der Waals surface area contributed by atoms with Crippen molar-refractivity contribution in [3.63, 3.8) is 0 Å². The fourth-order valence-electron chi connectivity index (χ4n) is 2.02. The van der Waals surface area contributed by atoms with Crippen LogP contribution < -0.4 is 5.32 Å². The minimum absolute atomic E-state index is 0.174. The lowest BCUT2D eigenvalue weighted by Crippen LogP contribution is -2.15. The lowest BCUT2D eigenvalue weighted by Gasteiger charge is -2.08. The highest BCUT2D eigenvalue weighted by atomic mass is 79.9. The van der Waals surface area contributed by atoms with E-state index in [1.165, 1.54) is 0 Å². The maximum Gasteiger partial charge on any atom is 0.295 e. The Labute approximate surface area is 135 Å². The predicted octanol–water partition coefficient (Wildman–Crippen LogP) is 3.24. The molecule has 0 aliphatic carbocycles. The van der Waals surface area contributed by atoms with Crippen molar-refractivity contribution in [3.05, 3.63) is 64.1 Å². The molecule has 0 aliphatic rings. The van der Waals surface area contributed by atoms with Gasteiger partial charge in [0.25, 0.3) is 5.91 Å². The zero-order valence-electron chi connectivity index (χ0n) is 11.8. The zero-order valence-corrected chi connectivity index (χ0v) is 13.4. The van der Waals surface area contributed by atoms with Crippen molar-refractivity contribution >= 4 is 27.7 Å². The van der Waals surface area contributed by atoms with Crippen LogP contribution in [0.3, 0.4) is 0 Å². The van der Waals surface area contributed by atoms with Crippen molar-refractivity contribution in [2.45, 2.75) is 13.5 Å². The minimum atomic E-state index is -0.350. The molecule has 1 N–H and O–H groups in total. The van der Waals surface area contributed by atoms with E-state index in [4.69, 9.17) is 4.52 Å². The van der Waals surface area contributed by atoms with Gasteiger partial charge in [-0.3, -0.25) is 4.79 Å². The topological polar surface area (TPSA) is 73.0 Å². The number of nitrogens with zero attached hydrogens (tertiary/aromatic N) is 3. The molecule has 7 heteroatoms. The van der Waals surface area contributed by atoms with Crippen LogP contribution in [-0.2, 0) is 6.54 Å². The van der Waals surface area contributed by atoms with Crippen LogP contribution in [0.2, 0.25) is 0 Å². The standard InChI is InChI=1S/C15H13BrN4O2/c1-10-7-13(22-19-10)15(21)18-14-5-6-17-20(14)9-11-3-2-4-12(16)8-11/h2-8H,9H2,1H3,(H,18,21). The monoisotopic (exact) mass is 360 g/mol. The molecule has 112 valence electrons. The summed E-state index contributed by atoms with van der Waals surface area (Å²) >= 11 is 3.44. The number of anilines is 1. The number of nitrogens with one attached hydrogen (secondary N) is 1. The molecule has 0 saturated heterocycles. The lowest BCUT2D eigenvalue weighted by molar-refractivity contribution is 0.0987. The van der Waals surface area contributed by atoms with E-state index in [2.05, 4.69) is 31.5 Å². The summed E-state index contributed by atoms with van der Waals surface area (Å²) in [5.74, 6) is 0.420. The summed E-state index contributed by atoms with van der Waals surface area (Å²) in [6.07, 6.45) is 1.64. The largest absolute Gasteiger partial charge is 0.351 e. The Morgan fingerprint density at radius 3 is 2.95 bits per heavy atom. The van der Waals surface area contributed by atoms with Crippen LogP contribution in [0.5, 0.6) is 0 Å². The van der Waals surface area contributed by atoms with Crippen LogP contribution in [-0.4, -0.2) is 20.8 Å². The van der Waals surface area contributed by atoms with Crippen LogP contribution in [0.4, 0.5) is 5.82 Å². The van der Waals surface area contributed by atoms with Gasteiger partial charge in [-0.15, -0.1) is 0 Å². The van der Waals surface area contributed by atoms with E-state index in [9.17, 15) is 4.79 Å². The molecule has 2 aromatic heterocycles. The van der Waals surface area contributed by atoms with E-state index in [1.807, 2.05) is 24.3 Å². The van der Waals surface area contributed by atoms with Gasteiger partial charge < -0.3 is 9.84 Å². The number of rotatable bonds is 4. The lowest BCUT2D eigenvalue weighted by atomic mass is 10.2. The molecule has 0 aliphatic heterocycles. The highest BCUT2D eigenvalue weighted by Gasteiger charge is 2.14. The van der Waals surface area contributed by atoms with E-state index in [0.29, 0.717) is 18.1 Å². The average Bonchev–Trinajstić information content (AvgIpc) is 3.09. The first kappa shape index (κ1) is 14.5. The fraction of sp³-hybridized carbons (Fsp3) is 0.133. The summed E-state index contributed by atoms with van der Waals surface area (Å²) < 4.78 is 7.66. The molecule has 0 radical (unpaired) electrons.